The Kier molecular flexibility index (Phi) is 7.14. The number of rotatable bonds is 5. The molecule has 3 heterocycles. The summed E-state index contributed by atoms with van der Waals surface area (Å²) < 4.78 is 15.4. The number of hydrogen-bond donors (Lipinski definition) is 1. The number of piperidine rings is 1. The van der Waals surface area contributed by atoms with Crippen LogP contribution in [0, 0.1) is 5.82 Å². The number of benzene rings is 3. The van der Waals surface area contributed by atoms with Crippen LogP contribution in [-0.2, 0) is 16.1 Å². The third kappa shape index (κ3) is 4.98. The number of imide groups is 1. The number of carbonyl (C=O) groups is 4. The second kappa shape index (κ2) is 10.8. The van der Waals surface area contributed by atoms with Crippen LogP contribution in [0.1, 0.15) is 70.1 Å². The summed E-state index contributed by atoms with van der Waals surface area (Å²) >= 11 is 0. The van der Waals surface area contributed by atoms with E-state index in [2.05, 4.69) is 48.3 Å². The van der Waals surface area contributed by atoms with Gasteiger partial charge in [-0.2, -0.15) is 0 Å². The average Bonchev–Trinajstić information content (AvgIpc) is 3.28. The third-order valence-corrected chi connectivity index (χ3v) is 8.64. The van der Waals surface area contributed by atoms with Crippen molar-refractivity contribution in [3.8, 4) is 0 Å². The third-order valence-electron chi connectivity index (χ3n) is 8.64. The van der Waals surface area contributed by atoms with Crippen molar-refractivity contribution >= 4 is 23.6 Å². The Bertz CT molecular complexity index is 1520. The molecule has 0 bridgehead atoms. The molecule has 0 spiro atoms. The van der Waals surface area contributed by atoms with Gasteiger partial charge in [0, 0.05) is 43.7 Å². The van der Waals surface area contributed by atoms with Crippen LogP contribution < -0.4 is 5.32 Å². The van der Waals surface area contributed by atoms with Gasteiger partial charge in [-0.05, 0) is 49.1 Å². The summed E-state index contributed by atoms with van der Waals surface area (Å²) in [6.45, 7) is 5.66. The quantitative estimate of drug-likeness (QED) is 0.472. The predicted octanol–water partition coefficient (Wildman–Crippen LogP) is 3.91. The van der Waals surface area contributed by atoms with E-state index >= 15 is 4.39 Å². The molecule has 42 heavy (non-hydrogen) atoms. The minimum Gasteiger partial charge on any atom is -0.335 e. The first kappa shape index (κ1) is 27.8. The molecule has 1 N–H and O–H groups in total. The van der Waals surface area contributed by atoms with Crippen LogP contribution in [0.5, 0.6) is 0 Å². The molecule has 2 fully saturated rings. The lowest BCUT2D eigenvalue weighted by Crippen LogP contribution is -2.61. The second-order valence-electron chi connectivity index (χ2n) is 11.8. The van der Waals surface area contributed by atoms with Gasteiger partial charge in [-0.25, -0.2) is 4.39 Å². The van der Waals surface area contributed by atoms with Crippen molar-refractivity contribution in [3.63, 3.8) is 0 Å². The summed E-state index contributed by atoms with van der Waals surface area (Å²) in [6, 6.07) is 22.3. The Morgan fingerprint density at radius 2 is 1.60 bits per heavy atom. The normalized spacial score (nSPS) is 20.6. The van der Waals surface area contributed by atoms with Gasteiger partial charge in [0.2, 0.25) is 11.8 Å². The monoisotopic (exact) mass is 568 g/mol. The zero-order valence-electron chi connectivity index (χ0n) is 23.7. The maximum absolute atomic E-state index is 15.4. The Hall–Kier alpha value is -4.37. The van der Waals surface area contributed by atoms with Gasteiger partial charge >= 0.3 is 0 Å². The topological polar surface area (TPSA) is 90.0 Å². The van der Waals surface area contributed by atoms with Crippen LogP contribution in [0.25, 0.3) is 0 Å². The summed E-state index contributed by atoms with van der Waals surface area (Å²) in [5.41, 5.74) is 2.44. The van der Waals surface area contributed by atoms with Gasteiger partial charge < -0.3 is 9.80 Å². The number of fused-ring (bicyclic) bond motifs is 1. The summed E-state index contributed by atoms with van der Waals surface area (Å²) in [6.07, 6.45) is 0.344. The van der Waals surface area contributed by atoms with Crippen LogP contribution in [0.15, 0.2) is 72.8 Å². The van der Waals surface area contributed by atoms with Gasteiger partial charge in [-0.1, -0.05) is 60.7 Å². The highest BCUT2D eigenvalue weighted by molar-refractivity contribution is 6.06. The van der Waals surface area contributed by atoms with Crippen molar-refractivity contribution in [1.29, 1.82) is 0 Å². The molecule has 3 aromatic carbocycles. The minimum absolute atomic E-state index is 0.0133. The number of nitrogens with zero attached hydrogens (tertiary/aromatic N) is 3. The molecule has 6 rings (SSSR count). The van der Waals surface area contributed by atoms with Gasteiger partial charge in [0.15, 0.2) is 0 Å². The number of nitrogens with one attached hydrogen (secondary N) is 1. The van der Waals surface area contributed by atoms with E-state index in [1.54, 1.807) is 4.90 Å². The molecule has 1 unspecified atom stereocenters. The molecule has 0 aromatic heterocycles. The van der Waals surface area contributed by atoms with E-state index in [1.807, 2.05) is 36.4 Å². The van der Waals surface area contributed by atoms with Crippen molar-refractivity contribution in [3.05, 3.63) is 106 Å². The van der Waals surface area contributed by atoms with E-state index in [-0.39, 0.29) is 42.5 Å². The van der Waals surface area contributed by atoms with E-state index in [0.717, 1.165) is 17.2 Å². The Labute approximate surface area is 244 Å². The first-order valence-corrected chi connectivity index (χ1v) is 14.3. The average molecular weight is 569 g/mol. The van der Waals surface area contributed by atoms with Gasteiger partial charge in [0.25, 0.3) is 11.8 Å². The number of piperazine rings is 1. The van der Waals surface area contributed by atoms with Crippen molar-refractivity contribution in [1.82, 2.24) is 20.0 Å². The van der Waals surface area contributed by atoms with Crippen LogP contribution >= 0.6 is 0 Å². The molecule has 3 aliphatic rings. The maximum atomic E-state index is 15.4. The molecule has 9 heteroatoms. The Balaban J connectivity index is 1.23. The van der Waals surface area contributed by atoms with Crippen LogP contribution in [0.3, 0.4) is 0 Å². The van der Waals surface area contributed by atoms with E-state index in [4.69, 9.17) is 0 Å². The smallest absolute Gasteiger partial charge is 0.256 e. The van der Waals surface area contributed by atoms with Crippen LogP contribution in [0.4, 0.5) is 4.39 Å². The molecule has 2 saturated heterocycles. The Morgan fingerprint density at radius 3 is 2.19 bits per heavy atom. The lowest BCUT2D eigenvalue weighted by atomic mass is 9.89. The largest absolute Gasteiger partial charge is 0.335 e. The molecule has 3 aromatic rings. The van der Waals surface area contributed by atoms with Crippen LogP contribution in [0.2, 0.25) is 0 Å². The summed E-state index contributed by atoms with van der Waals surface area (Å²) in [5.74, 6) is -2.57. The van der Waals surface area contributed by atoms with Crippen LogP contribution in [-0.4, -0.2) is 69.5 Å². The molecular formula is C33H33FN4O4. The van der Waals surface area contributed by atoms with Crippen molar-refractivity contribution in [2.45, 2.75) is 50.9 Å². The lowest BCUT2D eigenvalue weighted by molar-refractivity contribution is -0.136. The Morgan fingerprint density at radius 1 is 0.952 bits per heavy atom. The van der Waals surface area contributed by atoms with Gasteiger partial charge in [-0.15, -0.1) is 0 Å². The first-order chi connectivity index (χ1) is 20.1. The van der Waals surface area contributed by atoms with Crippen molar-refractivity contribution in [2.75, 3.05) is 19.6 Å². The summed E-state index contributed by atoms with van der Waals surface area (Å²) in [5, 5.41) is 2.27. The number of amides is 4. The SMILES string of the molecule is CC1(C)CN(C(=O)c2cc3c(cc2F)C(=O)N(C2CCC(=O)NC2=O)C3)CCN1C(c1ccccc1)c1ccccc1. The zero-order chi connectivity index (χ0) is 29.6. The highest BCUT2D eigenvalue weighted by atomic mass is 19.1. The minimum atomic E-state index is -0.805. The molecule has 1 atom stereocenters. The van der Waals surface area contributed by atoms with E-state index < -0.39 is 35.1 Å². The highest BCUT2D eigenvalue weighted by Gasteiger charge is 2.43. The molecule has 0 aliphatic carbocycles. The molecule has 3 aliphatic heterocycles. The summed E-state index contributed by atoms with van der Waals surface area (Å²) in [4.78, 5) is 56.2. The standard InChI is InChI=1S/C33H33FN4O4/c1-33(2)20-36(15-16-38(33)29(21-9-5-3-6-10-21)22-11-7-4-8-12-22)31(41)25-17-23-19-37(32(42)24(23)18-26(25)34)27-13-14-28(39)35-30(27)40/h3-12,17-18,27,29H,13-16,19-20H2,1-2H3,(H,35,39,40). The van der Waals surface area contributed by atoms with Crippen molar-refractivity contribution < 1.29 is 23.6 Å². The fraction of sp³-hybridized carbons (Fsp3) is 0.333. The number of carbonyl (C=O) groups excluding carboxylic acids is 4. The molecule has 0 saturated carbocycles. The molecule has 216 valence electrons. The van der Waals surface area contributed by atoms with E-state index in [0.29, 0.717) is 25.2 Å². The van der Waals surface area contributed by atoms with Gasteiger partial charge in [0.05, 0.1) is 11.6 Å². The molecule has 0 radical (unpaired) electrons. The first-order valence-electron chi connectivity index (χ1n) is 14.3. The second-order valence-corrected chi connectivity index (χ2v) is 11.8. The number of halogens is 1. The van der Waals surface area contributed by atoms with Crippen molar-refractivity contribution in [2.24, 2.45) is 0 Å². The predicted molar refractivity (Wildman–Crippen MR) is 154 cm³/mol. The maximum Gasteiger partial charge on any atom is 0.256 e. The number of hydrogen-bond acceptors (Lipinski definition) is 5. The summed E-state index contributed by atoms with van der Waals surface area (Å²) in [7, 11) is 0. The van der Waals surface area contributed by atoms with Gasteiger partial charge in [-0.3, -0.25) is 29.4 Å². The fourth-order valence-corrected chi connectivity index (χ4v) is 6.57. The van der Waals surface area contributed by atoms with E-state index in [1.165, 1.54) is 11.0 Å². The molecule has 4 amide bonds. The lowest BCUT2D eigenvalue weighted by Gasteiger charge is -2.50. The highest BCUT2D eigenvalue weighted by Crippen LogP contribution is 2.37. The fourth-order valence-electron chi connectivity index (χ4n) is 6.57. The van der Waals surface area contributed by atoms with E-state index in [9.17, 15) is 19.2 Å². The van der Waals surface area contributed by atoms with Gasteiger partial charge in [0.1, 0.15) is 11.9 Å². The molecular weight excluding hydrogens is 535 g/mol. The molecule has 8 nitrogen and oxygen atoms in total. The zero-order valence-corrected chi connectivity index (χ0v) is 23.7.